The molecule has 2 unspecified atom stereocenters. The maximum absolute atomic E-state index is 13.5. The van der Waals surface area contributed by atoms with E-state index >= 15 is 0 Å². The Labute approximate surface area is 136 Å². The first kappa shape index (κ1) is 15.2. The number of halogens is 2. The van der Waals surface area contributed by atoms with Crippen LogP contribution in [0.4, 0.5) is 4.39 Å². The van der Waals surface area contributed by atoms with Crippen LogP contribution in [-0.4, -0.2) is 6.04 Å². The van der Waals surface area contributed by atoms with Gasteiger partial charge in [0.1, 0.15) is 5.82 Å². The van der Waals surface area contributed by atoms with Gasteiger partial charge in [-0.05, 0) is 66.5 Å². The molecule has 0 spiro atoms. The normalized spacial score (nSPS) is 19.3. The molecule has 3 rings (SSSR count). The first-order chi connectivity index (χ1) is 10.2. The lowest BCUT2D eigenvalue weighted by atomic mass is 9.80. The molecule has 2 aromatic rings. The van der Waals surface area contributed by atoms with Crippen LogP contribution < -0.4 is 11.3 Å². The quantitative estimate of drug-likeness (QED) is 0.628. The monoisotopic (exact) mass is 368 g/mol. The first-order valence-corrected chi connectivity index (χ1v) is 8.82. The van der Waals surface area contributed by atoms with E-state index in [0.717, 1.165) is 22.9 Å². The Morgan fingerprint density at radius 1 is 1.43 bits per heavy atom. The van der Waals surface area contributed by atoms with E-state index in [0.29, 0.717) is 5.92 Å². The molecule has 112 valence electrons. The first-order valence-electron chi connectivity index (χ1n) is 7.15. The van der Waals surface area contributed by atoms with Crippen LogP contribution in [0.5, 0.6) is 0 Å². The number of fused-ring (bicyclic) bond motifs is 1. The second kappa shape index (κ2) is 6.57. The number of hydrogen-bond acceptors (Lipinski definition) is 3. The van der Waals surface area contributed by atoms with Gasteiger partial charge in [-0.25, -0.2) is 4.39 Å². The number of hydrazine groups is 1. The van der Waals surface area contributed by atoms with Gasteiger partial charge < -0.3 is 0 Å². The number of thiophene rings is 1. The van der Waals surface area contributed by atoms with Crippen LogP contribution in [-0.2, 0) is 12.8 Å². The number of nitrogens with two attached hydrogens (primary N) is 1. The minimum Gasteiger partial charge on any atom is -0.271 e. The average Bonchev–Trinajstić information content (AvgIpc) is 2.96. The van der Waals surface area contributed by atoms with Crippen molar-refractivity contribution >= 4 is 27.3 Å². The predicted molar refractivity (Wildman–Crippen MR) is 88.9 cm³/mol. The fourth-order valence-corrected chi connectivity index (χ4v) is 4.60. The van der Waals surface area contributed by atoms with Crippen molar-refractivity contribution in [1.29, 1.82) is 0 Å². The van der Waals surface area contributed by atoms with Crippen molar-refractivity contribution in [3.05, 3.63) is 55.9 Å². The number of aryl methyl sites for hydroxylation is 1. The molecule has 5 heteroatoms. The van der Waals surface area contributed by atoms with Crippen molar-refractivity contribution in [2.75, 3.05) is 0 Å². The summed E-state index contributed by atoms with van der Waals surface area (Å²) in [4.78, 5) is 1.48. The highest BCUT2D eigenvalue weighted by Crippen LogP contribution is 2.38. The maximum Gasteiger partial charge on any atom is 0.123 e. The van der Waals surface area contributed by atoms with E-state index in [9.17, 15) is 4.39 Å². The molecule has 21 heavy (non-hydrogen) atoms. The zero-order chi connectivity index (χ0) is 14.8. The highest BCUT2D eigenvalue weighted by Gasteiger charge is 2.28. The SMILES string of the molecule is NNC(Cc1cc(F)ccc1Br)C1CCCc2sccc21. The molecule has 2 atom stereocenters. The standard InChI is InChI=1S/C16H18BrFN2S/c17-14-5-4-11(18)8-10(14)9-15(20-19)12-2-1-3-16-13(12)6-7-21-16/h4-8,12,15,20H,1-3,9,19H2. The summed E-state index contributed by atoms with van der Waals surface area (Å²) in [5.74, 6) is 6.01. The lowest BCUT2D eigenvalue weighted by Gasteiger charge is -2.30. The number of hydrogen-bond donors (Lipinski definition) is 2. The number of rotatable bonds is 4. The van der Waals surface area contributed by atoms with Gasteiger partial charge in [0.25, 0.3) is 0 Å². The Morgan fingerprint density at radius 2 is 2.29 bits per heavy atom. The van der Waals surface area contributed by atoms with Gasteiger partial charge in [-0.3, -0.25) is 11.3 Å². The molecule has 0 fully saturated rings. The Bertz CT molecular complexity index is 628. The molecule has 2 nitrogen and oxygen atoms in total. The third-order valence-electron chi connectivity index (χ3n) is 4.25. The van der Waals surface area contributed by atoms with E-state index in [1.54, 1.807) is 12.1 Å². The predicted octanol–water partition coefficient (Wildman–Crippen LogP) is 4.14. The third-order valence-corrected chi connectivity index (χ3v) is 6.02. The summed E-state index contributed by atoms with van der Waals surface area (Å²) in [5, 5.41) is 2.16. The van der Waals surface area contributed by atoms with Gasteiger partial charge in [-0.1, -0.05) is 15.9 Å². The summed E-state index contributed by atoms with van der Waals surface area (Å²) in [6, 6.07) is 7.16. The van der Waals surface area contributed by atoms with Crippen LogP contribution in [0.3, 0.4) is 0 Å². The van der Waals surface area contributed by atoms with Crippen molar-refractivity contribution < 1.29 is 4.39 Å². The molecule has 1 aliphatic carbocycles. The number of nitrogens with one attached hydrogen (secondary N) is 1. The fraction of sp³-hybridized carbons (Fsp3) is 0.375. The van der Waals surface area contributed by atoms with Gasteiger partial charge in [-0.15, -0.1) is 11.3 Å². The summed E-state index contributed by atoms with van der Waals surface area (Å²) in [7, 11) is 0. The molecule has 1 aromatic carbocycles. The summed E-state index contributed by atoms with van der Waals surface area (Å²) < 4.78 is 14.4. The van der Waals surface area contributed by atoms with Crippen LogP contribution in [0.15, 0.2) is 34.1 Å². The fourth-order valence-electron chi connectivity index (χ4n) is 3.19. The highest BCUT2D eigenvalue weighted by molar-refractivity contribution is 9.10. The Kier molecular flexibility index (Phi) is 4.74. The van der Waals surface area contributed by atoms with Crippen molar-refractivity contribution in [2.45, 2.75) is 37.6 Å². The van der Waals surface area contributed by atoms with E-state index in [1.165, 1.54) is 29.3 Å². The number of benzene rings is 1. The molecule has 0 radical (unpaired) electrons. The van der Waals surface area contributed by atoms with Crippen LogP contribution in [0, 0.1) is 5.82 Å². The lowest BCUT2D eigenvalue weighted by molar-refractivity contribution is 0.396. The summed E-state index contributed by atoms with van der Waals surface area (Å²) in [5.41, 5.74) is 5.34. The smallest absolute Gasteiger partial charge is 0.123 e. The lowest BCUT2D eigenvalue weighted by Crippen LogP contribution is -2.42. The molecular formula is C16H18BrFN2S. The molecule has 0 bridgehead atoms. The Balaban J connectivity index is 1.85. The summed E-state index contributed by atoms with van der Waals surface area (Å²) in [6.07, 6.45) is 4.21. The molecule has 0 aliphatic heterocycles. The van der Waals surface area contributed by atoms with E-state index < -0.39 is 0 Å². The molecule has 0 saturated carbocycles. The summed E-state index contributed by atoms with van der Waals surface area (Å²) in [6.45, 7) is 0. The Hall–Kier alpha value is -0.750. The minimum absolute atomic E-state index is 0.122. The molecular weight excluding hydrogens is 351 g/mol. The van der Waals surface area contributed by atoms with Gasteiger partial charge in [0.15, 0.2) is 0 Å². The highest BCUT2D eigenvalue weighted by atomic mass is 79.9. The second-order valence-electron chi connectivity index (χ2n) is 5.51. The van der Waals surface area contributed by atoms with Gasteiger partial charge in [0.05, 0.1) is 0 Å². The van der Waals surface area contributed by atoms with E-state index in [-0.39, 0.29) is 11.9 Å². The topological polar surface area (TPSA) is 38.0 Å². The van der Waals surface area contributed by atoms with Crippen LogP contribution in [0.1, 0.15) is 34.8 Å². The minimum atomic E-state index is -0.205. The summed E-state index contributed by atoms with van der Waals surface area (Å²) >= 11 is 5.33. The average molecular weight is 369 g/mol. The largest absolute Gasteiger partial charge is 0.271 e. The zero-order valence-electron chi connectivity index (χ0n) is 11.6. The molecule has 1 aliphatic rings. The zero-order valence-corrected chi connectivity index (χ0v) is 14.0. The molecule has 1 aromatic heterocycles. The third kappa shape index (κ3) is 3.21. The van der Waals surface area contributed by atoms with Gasteiger partial charge in [-0.2, -0.15) is 0 Å². The van der Waals surface area contributed by atoms with Gasteiger partial charge in [0, 0.05) is 21.3 Å². The maximum atomic E-state index is 13.5. The van der Waals surface area contributed by atoms with Gasteiger partial charge >= 0.3 is 0 Å². The molecule has 1 heterocycles. The van der Waals surface area contributed by atoms with E-state index in [1.807, 2.05) is 11.3 Å². The van der Waals surface area contributed by atoms with E-state index in [4.69, 9.17) is 5.84 Å². The van der Waals surface area contributed by atoms with Crippen molar-refractivity contribution in [1.82, 2.24) is 5.43 Å². The van der Waals surface area contributed by atoms with Crippen LogP contribution >= 0.6 is 27.3 Å². The van der Waals surface area contributed by atoms with Crippen LogP contribution in [0.2, 0.25) is 0 Å². The van der Waals surface area contributed by atoms with Gasteiger partial charge in [0.2, 0.25) is 0 Å². The Morgan fingerprint density at radius 3 is 3.10 bits per heavy atom. The van der Waals surface area contributed by atoms with Crippen molar-refractivity contribution in [2.24, 2.45) is 5.84 Å². The van der Waals surface area contributed by atoms with Crippen molar-refractivity contribution in [3.8, 4) is 0 Å². The molecule has 0 amide bonds. The van der Waals surface area contributed by atoms with Crippen molar-refractivity contribution in [3.63, 3.8) is 0 Å². The second-order valence-corrected chi connectivity index (χ2v) is 7.37. The molecule has 0 saturated heterocycles. The van der Waals surface area contributed by atoms with E-state index in [2.05, 4.69) is 32.8 Å². The molecule has 3 N–H and O–H groups in total. The van der Waals surface area contributed by atoms with Crippen LogP contribution in [0.25, 0.3) is 0 Å².